The van der Waals surface area contributed by atoms with Crippen LogP contribution in [0, 0.1) is 18.7 Å². The molecule has 2 aromatic rings. The Hall–Kier alpha value is -1.79. The Labute approximate surface area is 158 Å². The molecule has 6 heteroatoms. The number of aromatic nitrogens is 1. The normalized spacial score (nSPS) is 18.0. The van der Waals surface area contributed by atoms with Gasteiger partial charge in [-0.2, -0.15) is 0 Å². The number of thiazole rings is 1. The highest BCUT2D eigenvalue weighted by Crippen LogP contribution is 2.20. The van der Waals surface area contributed by atoms with E-state index in [1.165, 1.54) is 17.4 Å². The topological polar surface area (TPSA) is 36.4 Å². The van der Waals surface area contributed by atoms with Crippen LogP contribution in [0.3, 0.4) is 0 Å². The van der Waals surface area contributed by atoms with Crippen LogP contribution in [0.1, 0.15) is 33.8 Å². The highest BCUT2D eigenvalue weighted by molar-refractivity contribution is 7.11. The van der Waals surface area contributed by atoms with Crippen LogP contribution in [0.4, 0.5) is 4.39 Å². The summed E-state index contributed by atoms with van der Waals surface area (Å²) in [5, 5.41) is 0. The molecule has 4 nitrogen and oxygen atoms in total. The van der Waals surface area contributed by atoms with Gasteiger partial charge < -0.3 is 9.80 Å². The Bertz CT molecular complexity index is 748. The maximum Gasteiger partial charge on any atom is 0.265 e. The Balaban J connectivity index is 1.51. The van der Waals surface area contributed by atoms with E-state index >= 15 is 0 Å². The lowest BCUT2D eigenvalue weighted by molar-refractivity contribution is 0.0734. The first-order valence-corrected chi connectivity index (χ1v) is 10.0. The van der Waals surface area contributed by atoms with Gasteiger partial charge in [0.2, 0.25) is 0 Å². The monoisotopic (exact) mass is 375 g/mol. The second-order valence-corrected chi connectivity index (χ2v) is 7.96. The van der Waals surface area contributed by atoms with Crippen molar-refractivity contribution < 1.29 is 9.18 Å². The summed E-state index contributed by atoms with van der Waals surface area (Å²) in [6, 6.07) is 7.00. The molecular formula is C20H26FN3OS. The number of aryl methyl sites for hydroxylation is 1. The van der Waals surface area contributed by atoms with Crippen molar-refractivity contribution in [2.45, 2.75) is 26.2 Å². The van der Waals surface area contributed by atoms with Crippen LogP contribution >= 0.6 is 11.3 Å². The third-order valence-corrected chi connectivity index (χ3v) is 5.99. The third kappa shape index (κ3) is 4.68. The SMILES string of the molecule is Cc1ncsc1C(=O)N(C)CC1CCCN(CCc2ccccc2F)C1. The molecule has 0 bridgehead atoms. The molecule has 1 saturated heterocycles. The lowest BCUT2D eigenvalue weighted by atomic mass is 9.97. The van der Waals surface area contributed by atoms with Gasteiger partial charge in [0, 0.05) is 26.7 Å². The van der Waals surface area contributed by atoms with E-state index in [-0.39, 0.29) is 11.7 Å². The van der Waals surface area contributed by atoms with E-state index < -0.39 is 0 Å². The minimum Gasteiger partial charge on any atom is -0.341 e. The van der Waals surface area contributed by atoms with Crippen molar-refractivity contribution in [3.63, 3.8) is 0 Å². The van der Waals surface area contributed by atoms with E-state index in [0.29, 0.717) is 5.92 Å². The zero-order valence-corrected chi connectivity index (χ0v) is 16.3. The predicted octanol–water partition coefficient (Wildman–Crippen LogP) is 3.62. The molecule has 26 heavy (non-hydrogen) atoms. The van der Waals surface area contributed by atoms with Crippen molar-refractivity contribution in [2.75, 3.05) is 33.2 Å². The van der Waals surface area contributed by atoms with Crippen molar-refractivity contribution >= 4 is 17.2 Å². The number of nitrogens with zero attached hydrogens (tertiary/aromatic N) is 3. The average Bonchev–Trinajstić information content (AvgIpc) is 3.06. The summed E-state index contributed by atoms with van der Waals surface area (Å²) < 4.78 is 13.8. The van der Waals surface area contributed by atoms with E-state index in [9.17, 15) is 9.18 Å². The van der Waals surface area contributed by atoms with Crippen LogP contribution in [0.2, 0.25) is 0 Å². The fraction of sp³-hybridized carbons (Fsp3) is 0.500. The number of halogens is 1. The maximum atomic E-state index is 13.8. The van der Waals surface area contributed by atoms with Crippen molar-refractivity contribution in [1.29, 1.82) is 0 Å². The van der Waals surface area contributed by atoms with Gasteiger partial charge in [0.15, 0.2) is 0 Å². The molecule has 1 unspecified atom stereocenters. The predicted molar refractivity (Wildman–Crippen MR) is 103 cm³/mol. The summed E-state index contributed by atoms with van der Waals surface area (Å²) in [5.41, 5.74) is 3.31. The van der Waals surface area contributed by atoms with E-state index in [0.717, 1.165) is 61.6 Å². The Kier molecular flexibility index (Phi) is 6.38. The number of amides is 1. The van der Waals surface area contributed by atoms with Crippen molar-refractivity contribution in [3.8, 4) is 0 Å². The number of likely N-dealkylation sites (tertiary alicyclic amines) is 1. The van der Waals surface area contributed by atoms with Crippen molar-refractivity contribution in [1.82, 2.24) is 14.8 Å². The summed E-state index contributed by atoms with van der Waals surface area (Å²) in [4.78, 5) is 21.7. The van der Waals surface area contributed by atoms with Crippen molar-refractivity contribution in [2.24, 2.45) is 5.92 Å². The van der Waals surface area contributed by atoms with Crippen LogP contribution < -0.4 is 0 Å². The van der Waals surface area contributed by atoms with Crippen LogP contribution in [0.25, 0.3) is 0 Å². The first kappa shape index (κ1) is 19.0. The van der Waals surface area contributed by atoms with E-state index in [4.69, 9.17) is 0 Å². The molecule has 1 aromatic carbocycles. The second-order valence-electron chi connectivity index (χ2n) is 7.10. The van der Waals surface area contributed by atoms with E-state index in [1.807, 2.05) is 31.0 Å². The molecule has 1 aliphatic rings. The number of hydrogen-bond donors (Lipinski definition) is 0. The quantitative estimate of drug-likeness (QED) is 0.774. The van der Waals surface area contributed by atoms with Gasteiger partial charge in [0.05, 0.1) is 11.2 Å². The molecular weight excluding hydrogens is 349 g/mol. The standard InChI is InChI=1S/C20H26FN3OS/c1-15-19(26-14-22-15)20(25)23(2)12-16-6-5-10-24(13-16)11-9-17-7-3-4-8-18(17)21/h3-4,7-8,14,16H,5-6,9-13H2,1-2H3. The number of carbonyl (C=O) groups excluding carboxylic acids is 1. The first-order valence-electron chi connectivity index (χ1n) is 9.16. The molecule has 1 aromatic heterocycles. The maximum absolute atomic E-state index is 13.8. The van der Waals surface area contributed by atoms with Gasteiger partial charge in [-0.15, -0.1) is 11.3 Å². The Morgan fingerprint density at radius 1 is 1.42 bits per heavy atom. The van der Waals surface area contributed by atoms with Gasteiger partial charge in [0.1, 0.15) is 10.7 Å². The molecule has 140 valence electrons. The molecule has 3 rings (SSSR count). The third-order valence-electron chi connectivity index (χ3n) is 5.08. The smallest absolute Gasteiger partial charge is 0.265 e. The van der Waals surface area contributed by atoms with Crippen LogP contribution in [0.5, 0.6) is 0 Å². The van der Waals surface area contributed by atoms with Gasteiger partial charge in [-0.05, 0) is 50.3 Å². The number of rotatable bonds is 6. The molecule has 0 spiro atoms. The molecule has 0 radical (unpaired) electrons. The Morgan fingerprint density at radius 3 is 2.96 bits per heavy atom. The summed E-state index contributed by atoms with van der Waals surface area (Å²) in [6.45, 7) is 5.52. The lowest BCUT2D eigenvalue weighted by Crippen LogP contribution is -2.42. The molecule has 0 aliphatic carbocycles. The Morgan fingerprint density at radius 2 is 2.23 bits per heavy atom. The zero-order valence-electron chi connectivity index (χ0n) is 15.4. The van der Waals surface area contributed by atoms with Crippen LogP contribution in [-0.2, 0) is 6.42 Å². The van der Waals surface area contributed by atoms with Crippen molar-refractivity contribution in [3.05, 3.63) is 51.7 Å². The molecule has 2 heterocycles. The van der Waals surface area contributed by atoms with E-state index in [1.54, 1.807) is 11.6 Å². The minimum atomic E-state index is -0.119. The zero-order chi connectivity index (χ0) is 18.5. The van der Waals surface area contributed by atoms with Gasteiger partial charge in [0.25, 0.3) is 5.91 Å². The summed E-state index contributed by atoms with van der Waals surface area (Å²) >= 11 is 1.41. The summed E-state index contributed by atoms with van der Waals surface area (Å²) in [6.07, 6.45) is 2.99. The fourth-order valence-electron chi connectivity index (χ4n) is 3.63. The molecule has 1 fully saturated rings. The van der Waals surface area contributed by atoms with Gasteiger partial charge >= 0.3 is 0 Å². The number of carbonyl (C=O) groups is 1. The summed E-state index contributed by atoms with van der Waals surface area (Å²) in [7, 11) is 1.87. The first-order chi connectivity index (χ1) is 12.5. The fourth-order valence-corrected chi connectivity index (χ4v) is 4.43. The van der Waals surface area contributed by atoms with Crippen LogP contribution in [0.15, 0.2) is 29.8 Å². The van der Waals surface area contributed by atoms with Gasteiger partial charge in [-0.1, -0.05) is 18.2 Å². The summed E-state index contributed by atoms with van der Waals surface area (Å²) in [5.74, 6) is 0.409. The van der Waals surface area contributed by atoms with Gasteiger partial charge in [-0.25, -0.2) is 9.37 Å². The average molecular weight is 376 g/mol. The molecule has 0 N–H and O–H groups in total. The highest BCUT2D eigenvalue weighted by Gasteiger charge is 2.24. The number of benzene rings is 1. The number of hydrogen-bond acceptors (Lipinski definition) is 4. The lowest BCUT2D eigenvalue weighted by Gasteiger charge is -2.34. The number of piperidine rings is 1. The largest absolute Gasteiger partial charge is 0.341 e. The van der Waals surface area contributed by atoms with E-state index in [2.05, 4.69) is 9.88 Å². The molecule has 1 amide bonds. The molecule has 1 aliphatic heterocycles. The molecule has 0 saturated carbocycles. The van der Waals surface area contributed by atoms with Gasteiger partial charge in [-0.3, -0.25) is 4.79 Å². The van der Waals surface area contributed by atoms with Crippen LogP contribution in [-0.4, -0.2) is 53.9 Å². The second kappa shape index (κ2) is 8.73. The minimum absolute atomic E-state index is 0.0634. The highest BCUT2D eigenvalue weighted by atomic mass is 32.1. The molecule has 1 atom stereocenters.